The molecule has 0 unspecified atom stereocenters. The molecule has 8 heteroatoms. The zero-order valence-corrected chi connectivity index (χ0v) is 19.5. The molecule has 1 N–H and O–H groups in total. The highest BCUT2D eigenvalue weighted by Crippen LogP contribution is 2.37. The summed E-state index contributed by atoms with van der Waals surface area (Å²) in [6, 6.07) is 2.46. The Hall–Kier alpha value is -2.09. The second-order valence-corrected chi connectivity index (χ2v) is 8.59. The topological polar surface area (TPSA) is 51.1 Å². The smallest absolute Gasteiger partial charge is 0.347 e. The number of aromatic nitrogens is 1. The summed E-state index contributed by atoms with van der Waals surface area (Å²) in [5.74, 6) is -0.653. The molecule has 3 rings (SSSR count). The van der Waals surface area contributed by atoms with Gasteiger partial charge in [0.05, 0.1) is 10.0 Å². The number of alkyl halides is 3. The predicted molar refractivity (Wildman–Crippen MR) is 119 cm³/mol. The maximum Gasteiger partial charge on any atom is 0.416 e. The molecule has 2 aromatic rings. The number of fused-ring (bicyclic) bond motifs is 1. The van der Waals surface area contributed by atoms with Gasteiger partial charge in [0.1, 0.15) is 5.56 Å². The highest BCUT2D eigenvalue weighted by atomic mass is 79.9. The Morgan fingerprint density at radius 2 is 1.87 bits per heavy atom. The van der Waals surface area contributed by atoms with Crippen LogP contribution in [0.5, 0.6) is 0 Å². The molecule has 0 fully saturated rings. The van der Waals surface area contributed by atoms with Crippen molar-refractivity contribution in [3.8, 4) is 0 Å². The first-order valence-corrected chi connectivity index (χ1v) is 11.4. The third kappa shape index (κ3) is 4.45. The van der Waals surface area contributed by atoms with E-state index in [1.54, 1.807) is 6.92 Å². The number of carbonyl (C=O) groups is 1. The second-order valence-electron chi connectivity index (χ2n) is 7.80. The van der Waals surface area contributed by atoms with Gasteiger partial charge in [-0.1, -0.05) is 26.3 Å². The van der Waals surface area contributed by atoms with E-state index in [2.05, 4.69) is 21.2 Å². The molecule has 0 spiro atoms. The number of amides is 1. The third-order valence-electron chi connectivity index (χ3n) is 5.96. The average Bonchev–Trinajstić information content (AvgIpc) is 2.97. The molecule has 1 aromatic heterocycles. The molecule has 0 aliphatic carbocycles. The largest absolute Gasteiger partial charge is 0.416 e. The summed E-state index contributed by atoms with van der Waals surface area (Å²) in [5.41, 5.74) is 1.06. The maximum atomic E-state index is 13.6. The number of halogens is 4. The van der Waals surface area contributed by atoms with Crippen LogP contribution < -0.4 is 10.7 Å². The van der Waals surface area contributed by atoms with Gasteiger partial charge in [-0.25, -0.2) is 0 Å². The lowest BCUT2D eigenvalue weighted by Gasteiger charge is -2.22. The minimum absolute atomic E-state index is 0.0147. The maximum absolute atomic E-state index is 13.6. The van der Waals surface area contributed by atoms with Crippen molar-refractivity contribution in [1.29, 1.82) is 0 Å². The van der Waals surface area contributed by atoms with E-state index in [0.29, 0.717) is 35.1 Å². The number of pyridine rings is 1. The summed E-state index contributed by atoms with van der Waals surface area (Å²) in [7, 11) is 0. The van der Waals surface area contributed by atoms with Crippen molar-refractivity contribution in [2.45, 2.75) is 72.0 Å². The molecule has 0 saturated heterocycles. The van der Waals surface area contributed by atoms with Gasteiger partial charge in [-0.15, -0.1) is 0 Å². The first kappa shape index (κ1) is 23.6. The van der Waals surface area contributed by atoms with Crippen LogP contribution in [0.2, 0.25) is 0 Å². The lowest BCUT2D eigenvalue weighted by atomic mass is 9.96. The second kappa shape index (κ2) is 9.18. The predicted octanol–water partition coefficient (Wildman–Crippen LogP) is 6.04. The van der Waals surface area contributed by atoms with Crippen molar-refractivity contribution in [2.24, 2.45) is 0 Å². The number of nitrogens with one attached hydrogen (secondary N) is 1. The molecule has 0 bridgehead atoms. The zero-order valence-electron chi connectivity index (χ0n) is 17.9. The number of benzene rings is 1. The highest BCUT2D eigenvalue weighted by molar-refractivity contribution is 9.10. The molecule has 1 aliphatic rings. The first-order valence-electron chi connectivity index (χ1n) is 10.6. The molecule has 1 aliphatic heterocycles. The molecule has 4 nitrogen and oxygen atoms in total. The Morgan fingerprint density at radius 3 is 2.48 bits per heavy atom. The zero-order chi connectivity index (χ0) is 22.9. The highest BCUT2D eigenvalue weighted by Gasteiger charge is 2.35. The van der Waals surface area contributed by atoms with Gasteiger partial charge in [-0.05, 0) is 72.2 Å². The van der Waals surface area contributed by atoms with Crippen molar-refractivity contribution in [3.05, 3.63) is 60.5 Å². The van der Waals surface area contributed by atoms with Crippen molar-refractivity contribution in [2.75, 3.05) is 5.32 Å². The lowest BCUT2D eigenvalue weighted by molar-refractivity contribution is -0.138. The van der Waals surface area contributed by atoms with Gasteiger partial charge >= 0.3 is 6.18 Å². The van der Waals surface area contributed by atoms with Gasteiger partial charge in [0.2, 0.25) is 5.43 Å². The minimum Gasteiger partial charge on any atom is -0.347 e. The van der Waals surface area contributed by atoms with Gasteiger partial charge in [0.15, 0.2) is 0 Å². The Kier molecular flexibility index (Phi) is 6.98. The van der Waals surface area contributed by atoms with Crippen LogP contribution >= 0.6 is 15.9 Å². The van der Waals surface area contributed by atoms with Crippen molar-refractivity contribution in [1.82, 2.24) is 4.57 Å². The van der Waals surface area contributed by atoms with Crippen LogP contribution in [0.1, 0.15) is 71.5 Å². The number of anilines is 1. The quantitative estimate of drug-likeness (QED) is 0.558. The van der Waals surface area contributed by atoms with Crippen molar-refractivity contribution < 1.29 is 18.0 Å². The van der Waals surface area contributed by atoms with Gasteiger partial charge < -0.3 is 9.88 Å². The Bertz CT molecular complexity index is 1070. The minimum atomic E-state index is -4.53. The molecule has 0 atom stereocenters. The summed E-state index contributed by atoms with van der Waals surface area (Å²) >= 11 is 3.32. The Labute approximate surface area is 188 Å². The molecule has 1 aromatic carbocycles. The number of carbonyl (C=O) groups excluding carboxylic acids is 1. The van der Waals surface area contributed by atoms with E-state index in [9.17, 15) is 22.8 Å². The van der Waals surface area contributed by atoms with Gasteiger partial charge in [-0.2, -0.15) is 13.2 Å². The number of nitrogens with zero attached hydrogens (tertiary/aromatic N) is 1. The molecular formula is C23H26BrF3N2O2. The van der Waals surface area contributed by atoms with E-state index in [1.807, 2.05) is 18.4 Å². The number of rotatable bonds is 4. The van der Waals surface area contributed by atoms with Crippen LogP contribution in [0, 0.1) is 6.92 Å². The molecule has 2 heterocycles. The Balaban J connectivity index is 2.17. The van der Waals surface area contributed by atoms with E-state index < -0.39 is 23.1 Å². The monoisotopic (exact) mass is 498 g/mol. The van der Waals surface area contributed by atoms with Crippen LogP contribution in [0.3, 0.4) is 0 Å². The molecule has 31 heavy (non-hydrogen) atoms. The fourth-order valence-electron chi connectivity index (χ4n) is 4.35. The average molecular weight is 499 g/mol. The standard InChI is InChI=1S/C23H26BrF3N2O2/c1-4-14-10-11-16(23(25,26)27)15(5-2)20(14)28-22(31)18-17-9-7-6-8-12-29(17)13(3)19(24)21(18)30/h10-11H,4-9,12H2,1-3H3,(H,28,31). The van der Waals surface area contributed by atoms with Gasteiger partial charge in [0, 0.05) is 23.6 Å². The summed E-state index contributed by atoms with van der Waals surface area (Å²) in [6.45, 7) is 5.98. The van der Waals surface area contributed by atoms with Crippen molar-refractivity contribution >= 4 is 27.5 Å². The molecule has 0 saturated carbocycles. The van der Waals surface area contributed by atoms with Gasteiger partial charge in [0.25, 0.3) is 5.91 Å². The summed E-state index contributed by atoms with van der Waals surface area (Å²) in [5, 5.41) is 2.69. The van der Waals surface area contributed by atoms with E-state index in [1.165, 1.54) is 6.07 Å². The van der Waals surface area contributed by atoms with Crippen LogP contribution in [-0.2, 0) is 32.0 Å². The molecule has 1 amide bonds. The van der Waals surface area contributed by atoms with E-state index in [-0.39, 0.29) is 23.2 Å². The molecule has 168 valence electrons. The number of hydrogen-bond donors (Lipinski definition) is 1. The van der Waals surface area contributed by atoms with E-state index >= 15 is 0 Å². The fraction of sp³-hybridized carbons (Fsp3) is 0.478. The normalized spacial score (nSPS) is 14.2. The molecule has 0 radical (unpaired) electrons. The summed E-state index contributed by atoms with van der Waals surface area (Å²) < 4.78 is 43.0. The van der Waals surface area contributed by atoms with E-state index in [0.717, 1.165) is 31.0 Å². The van der Waals surface area contributed by atoms with E-state index in [4.69, 9.17) is 0 Å². The molecular weight excluding hydrogens is 473 g/mol. The summed E-state index contributed by atoms with van der Waals surface area (Å²) in [4.78, 5) is 26.4. The van der Waals surface area contributed by atoms with Crippen LogP contribution in [0.25, 0.3) is 0 Å². The fourth-order valence-corrected chi connectivity index (χ4v) is 4.76. The third-order valence-corrected chi connectivity index (χ3v) is 6.90. The Morgan fingerprint density at radius 1 is 1.16 bits per heavy atom. The SMILES string of the molecule is CCc1ccc(C(F)(F)F)c(CC)c1NC(=O)c1c2n(c(C)c(Br)c1=O)CCCCC2. The first-order chi connectivity index (χ1) is 14.6. The van der Waals surface area contributed by atoms with Crippen LogP contribution in [0.4, 0.5) is 18.9 Å². The van der Waals surface area contributed by atoms with Crippen molar-refractivity contribution in [3.63, 3.8) is 0 Å². The van der Waals surface area contributed by atoms with Crippen LogP contribution in [-0.4, -0.2) is 10.5 Å². The number of aryl methyl sites for hydroxylation is 1. The summed E-state index contributed by atoms with van der Waals surface area (Å²) in [6.07, 6.45) is -0.608. The number of hydrogen-bond acceptors (Lipinski definition) is 2. The van der Waals surface area contributed by atoms with Gasteiger partial charge in [-0.3, -0.25) is 9.59 Å². The lowest BCUT2D eigenvalue weighted by Crippen LogP contribution is -2.30. The van der Waals surface area contributed by atoms with Crippen LogP contribution in [0.15, 0.2) is 21.4 Å².